The van der Waals surface area contributed by atoms with Gasteiger partial charge in [0.15, 0.2) is 0 Å². The van der Waals surface area contributed by atoms with Crippen LogP contribution in [0.2, 0.25) is 0 Å². The Hall–Kier alpha value is -4.89. The molecule has 7 rings (SSSR count). The van der Waals surface area contributed by atoms with Crippen molar-refractivity contribution in [3.05, 3.63) is 141 Å². The van der Waals surface area contributed by atoms with E-state index in [1.807, 2.05) is 97.2 Å². The van der Waals surface area contributed by atoms with Crippen molar-refractivity contribution < 1.29 is 24.5 Å². The maximum absolute atomic E-state index is 6.25. The Bertz CT molecular complexity index is 1720. The summed E-state index contributed by atoms with van der Waals surface area (Å²) in [4.78, 5) is 8.66. The van der Waals surface area contributed by atoms with Gasteiger partial charge in [-0.25, -0.2) is 0 Å². The molecule has 0 fully saturated rings. The second-order valence-corrected chi connectivity index (χ2v) is 8.03. The van der Waals surface area contributed by atoms with Crippen LogP contribution in [-0.4, -0.2) is 19.7 Å². The maximum atomic E-state index is 6.25. The molecule has 0 saturated heterocycles. The number of para-hydroxylation sites is 1. The first-order valence-corrected chi connectivity index (χ1v) is 11.8. The van der Waals surface area contributed by atoms with Crippen molar-refractivity contribution in [1.29, 1.82) is 5.26 Å². The van der Waals surface area contributed by atoms with Gasteiger partial charge in [-0.15, -0.1) is 24.3 Å². The summed E-state index contributed by atoms with van der Waals surface area (Å²) in [6.07, 6.45) is 7.21. The van der Waals surface area contributed by atoms with E-state index in [0.717, 1.165) is 50.1 Å². The molecule has 0 unspecified atom stereocenters. The van der Waals surface area contributed by atoms with Crippen LogP contribution in [-0.2, 0) is 20.1 Å². The van der Waals surface area contributed by atoms with Gasteiger partial charge < -0.3 is 16.3 Å². The van der Waals surface area contributed by atoms with Crippen molar-refractivity contribution in [3.63, 3.8) is 0 Å². The smallest absolute Gasteiger partial charge is 0.116 e. The van der Waals surface area contributed by atoms with E-state index in [1.165, 1.54) is 0 Å². The van der Waals surface area contributed by atoms with Gasteiger partial charge in [0.05, 0.1) is 0 Å². The van der Waals surface area contributed by atoms with Crippen LogP contribution in [0.25, 0.3) is 50.1 Å². The molecule has 7 aromatic rings. The van der Waals surface area contributed by atoms with Gasteiger partial charge in [0.2, 0.25) is 0 Å². The van der Waals surface area contributed by atoms with E-state index < -0.39 is 0 Å². The molecular weight excluding hydrogens is 663 g/mol. The Morgan fingerprint density at radius 3 is 1.97 bits per heavy atom. The second kappa shape index (κ2) is 13.1. The van der Waals surface area contributed by atoms with Crippen LogP contribution < -0.4 is 0 Å². The predicted molar refractivity (Wildman–Crippen MR) is 146 cm³/mol. The van der Waals surface area contributed by atoms with Crippen LogP contribution in [0.3, 0.4) is 0 Å². The van der Waals surface area contributed by atoms with Crippen LogP contribution in [0.5, 0.6) is 0 Å². The molecule has 0 aliphatic heterocycles. The quantitative estimate of drug-likeness (QED) is 0.183. The standard InChI is InChI=1S/C16H11N2.C15H9N2O.CN.Ir/c1-3-10-17-15(8-1)13-6-5-7-14(12-13)16-9-2-4-11-18-16;1-2-8-14-11(5-1)12-6-3-7-13(15(12)18-14)17-10-4-9-16-17;1-2;/h1-11H;1-6,8-10H;;/q3*-1;. The summed E-state index contributed by atoms with van der Waals surface area (Å²) in [5, 5.41) is 12.7. The maximum Gasteiger partial charge on any atom is 0.116 e. The number of pyridine rings is 2. The molecule has 0 N–H and O–H groups in total. The molecule has 0 spiro atoms. The van der Waals surface area contributed by atoms with Gasteiger partial charge in [0.1, 0.15) is 5.58 Å². The number of aromatic nitrogens is 4. The molecule has 0 bridgehead atoms. The van der Waals surface area contributed by atoms with Crippen LogP contribution in [0.4, 0.5) is 0 Å². The average molecular weight is 683 g/mol. The largest absolute Gasteiger partial charge is 0.513 e. The monoisotopic (exact) mass is 683 g/mol. The van der Waals surface area contributed by atoms with Crippen molar-refractivity contribution in [3.8, 4) is 28.2 Å². The molecule has 7 heteroatoms. The fourth-order valence-electron chi connectivity index (χ4n) is 4.06. The molecule has 6 nitrogen and oxygen atoms in total. The van der Waals surface area contributed by atoms with Gasteiger partial charge in [0, 0.05) is 67.2 Å². The van der Waals surface area contributed by atoms with Crippen LogP contribution in [0.15, 0.2) is 126 Å². The first-order valence-electron chi connectivity index (χ1n) is 11.8. The summed E-state index contributed by atoms with van der Waals surface area (Å²) in [7, 11) is 0. The van der Waals surface area contributed by atoms with Gasteiger partial charge in [-0.3, -0.25) is 14.6 Å². The van der Waals surface area contributed by atoms with Crippen molar-refractivity contribution >= 4 is 21.9 Å². The molecule has 191 valence electrons. The molecule has 0 atom stereocenters. The fourth-order valence-corrected chi connectivity index (χ4v) is 4.06. The van der Waals surface area contributed by atoms with E-state index in [4.69, 9.17) is 16.3 Å². The van der Waals surface area contributed by atoms with Crippen LogP contribution in [0.1, 0.15) is 0 Å². The topological polar surface area (TPSA) is 80.5 Å². The van der Waals surface area contributed by atoms with E-state index in [9.17, 15) is 0 Å². The van der Waals surface area contributed by atoms with Crippen LogP contribution >= 0.6 is 0 Å². The Kier molecular flexibility index (Phi) is 9.10. The molecule has 3 aromatic carbocycles. The third kappa shape index (κ3) is 5.99. The fraction of sp³-hybridized carbons (Fsp3) is 0. The summed E-state index contributed by atoms with van der Waals surface area (Å²) in [5.74, 6) is 0. The zero-order valence-corrected chi connectivity index (χ0v) is 22.9. The summed E-state index contributed by atoms with van der Waals surface area (Å²) >= 11 is 0. The van der Waals surface area contributed by atoms with E-state index in [-0.39, 0.29) is 20.1 Å². The number of furan rings is 1. The van der Waals surface area contributed by atoms with Gasteiger partial charge in [-0.2, -0.15) is 23.3 Å². The summed E-state index contributed by atoms with van der Waals surface area (Å²) in [5.41, 5.74) is 6.37. The molecule has 4 heterocycles. The van der Waals surface area contributed by atoms with E-state index in [2.05, 4.69) is 33.3 Å². The van der Waals surface area contributed by atoms with E-state index in [1.54, 1.807) is 23.3 Å². The van der Waals surface area contributed by atoms with Gasteiger partial charge in [-0.05, 0) is 30.0 Å². The minimum atomic E-state index is 0. The molecule has 1 radical (unpaired) electrons. The predicted octanol–water partition coefficient (Wildman–Crippen LogP) is 7.28. The minimum absolute atomic E-state index is 0. The zero-order valence-electron chi connectivity index (χ0n) is 20.5. The molecule has 39 heavy (non-hydrogen) atoms. The molecular formula is C32H20IrN5O-3. The Labute approximate surface area is 239 Å². The molecule has 0 aliphatic carbocycles. The number of benzene rings is 3. The third-order valence-corrected chi connectivity index (χ3v) is 5.73. The van der Waals surface area contributed by atoms with Crippen molar-refractivity contribution in [2.75, 3.05) is 0 Å². The normalized spacial score (nSPS) is 10.0. The average Bonchev–Trinajstić information content (AvgIpc) is 3.68. The first kappa shape index (κ1) is 27.2. The van der Waals surface area contributed by atoms with Crippen LogP contribution in [0, 0.1) is 24.0 Å². The zero-order chi connectivity index (χ0) is 26.2. The molecule has 0 aliphatic rings. The second-order valence-electron chi connectivity index (χ2n) is 8.03. The van der Waals surface area contributed by atoms with Crippen molar-refractivity contribution in [2.45, 2.75) is 0 Å². The molecule has 0 saturated carbocycles. The van der Waals surface area contributed by atoms with Crippen molar-refractivity contribution in [2.24, 2.45) is 0 Å². The molecule has 0 amide bonds. The Morgan fingerprint density at radius 2 is 1.36 bits per heavy atom. The molecule has 4 aromatic heterocycles. The summed E-state index contributed by atoms with van der Waals surface area (Å²) in [6.45, 7) is 4.75. The first-order chi connectivity index (χ1) is 18.9. The number of hydrogen-bond donors (Lipinski definition) is 0. The van der Waals surface area contributed by atoms with Gasteiger partial charge in [0.25, 0.3) is 0 Å². The number of nitrogens with zero attached hydrogens (tertiary/aromatic N) is 5. The van der Waals surface area contributed by atoms with E-state index in [0.29, 0.717) is 0 Å². The summed E-state index contributed by atoms with van der Waals surface area (Å²) in [6, 6.07) is 38.1. The van der Waals surface area contributed by atoms with Gasteiger partial charge in [-0.1, -0.05) is 59.0 Å². The SMILES string of the molecule is [C-]#N.[Ir].[c-]1c(-c2ccccn2)cccc1-c1ccccn1.[c-]1ccc2c(oc3ccccc32)c1-n1cccn1. The van der Waals surface area contributed by atoms with Gasteiger partial charge >= 0.3 is 0 Å². The number of fused-ring (bicyclic) bond motifs is 3. The Morgan fingerprint density at radius 1 is 0.692 bits per heavy atom. The Balaban J connectivity index is 0.000000166. The van der Waals surface area contributed by atoms with Crippen molar-refractivity contribution in [1.82, 2.24) is 19.7 Å². The number of hydrogen-bond acceptors (Lipinski definition) is 5. The summed E-state index contributed by atoms with van der Waals surface area (Å²) < 4.78 is 7.68. The number of rotatable bonds is 3. The minimum Gasteiger partial charge on any atom is -0.513 e. The van der Waals surface area contributed by atoms with E-state index >= 15 is 0 Å². The third-order valence-electron chi connectivity index (χ3n) is 5.73.